The summed E-state index contributed by atoms with van der Waals surface area (Å²) in [6.07, 6.45) is 3.06. The average Bonchev–Trinajstić information content (AvgIpc) is 2.77. The lowest BCUT2D eigenvalue weighted by Crippen LogP contribution is -2.44. The molecule has 1 aliphatic heterocycles. The minimum absolute atomic E-state index is 0.00926. The first-order valence-corrected chi connectivity index (χ1v) is 10.7. The molecule has 0 radical (unpaired) electrons. The van der Waals surface area contributed by atoms with Crippen molar-refractivity contribution < 1.29 is 4.79 Å². The first kappa shape index (κ1) is 21.9. The SMILES string of the molecule is Cc1cc(Cl)ncc1Nc1cc[nH]c(=O)c1C(=O)Nc1ccc(N2CCN(C)CC2)cc1. The van der Waals surface area contributed by atoms with Gasteiger partial charge in [-0.25, -0.2) is 4.98 Å². The van der Waals surface area contributed by atoms with Gasteiger partial charge in [0.15, 0.2) is 0 Å². The predicted molar refractivity (Wildman–Crippen MR) is 128 cm³/mol. The van der Waals surface area contributed by atoms with Crippen LogP contribution in [0.15, 0.2) is 53.6 Å². The highest BCUT2D eigenvalue weighted by Gasteiger charge is 2.18. The van der Waals surface area contributed by atoms with Crippen LogP contribution < -0.4 is 21.1 Å². The van der Waals surface area contributed by atoms with E-state index in [2.05, 4.69) is 37.4 Å². The van der Waals surface area contributed by atoms with Crippen molar-refractivity contribution in [3.63, 3.8) is 0 Å². The number of likely N-dealkylation sites (N-methyl/N-ethyl adjacent to an activating group) is 1. The average molecular weight is 453 g/mol. The van der Waals surface area contributed by atoms with E-state index in [9.17, 15) is 9.59 Å². The van der Waals surface area contributed by atoms with E-state index in [1.807, 2.05) is 31.2 Å². The first-order chi connectivity index (χ1) is 15.4. The van der Waals surface area contributed by atoms with Crippen molar-refractivity contribution in [2.45, 2.75) is 6.92 Å². The van der Waals surface area contributed by atoms with E-state index in [1.54, 1.807) is 18.3 Å². The van der Waals surface area contributed by atoms with Crippen LogP contribution in [0.3, 0.4) is 0 Å². The summed E-state index contributed by atoms with van der Waals surface area (Å²) in [5.74, 6) is -0.499. The number of aromatic nitrogens is 2. The molecule has 166 valence electrons. The van der Waals surface area contributed by atoms with Crippen LogP contribution in [0, 0.1) is 6.92 Å². The topological polar surface area (TPSA) is 93.4 Å². The summed E-state index contributed by atoms with van der Waals surface area (Å²) in [7, 11) is 2.12. The Labute approximate surface area is 191 Å². The first-order valence-electron chi connectivity index (χ1n) is 10.4. The largest absolute Gasteiger partial charge is 0.369 e. The summed E-state index contributed by atoms with van der Waals surface area (Å²) >= 11 is 5.92. The van der Waals surface area contributed by atoms with Gasteiger partial charge in [0.25, 0.3) is 11.5 Å². The lowest BCUT2D eigenvalue weighted by atomic mass is 10.1. The van der Waals surface area contributed by atoms with Crippen LogP contribution in [-0.4, -0.2) is 54.0 Å². The second-order valence-corrected chi connectivity index (χ2v) is 8.22. The summed E-state index contributed by atoms with van der Waals surface area (Å²) in [5.41, 5.74) is 3.12. The fourth-order valence-corrected chi connectivity index (χ4v) is 3.83. The second kappa shape index (κ2) is 9.42. The molecule has 0 unspecified atom stereocenters. The Morgan fingerprint density at radius 2 is 1.81 bits per heavy atom. The zero-order chi connectivity index (χ0) is 22.7. The molecule has 1 fully saturated rings. The van der Waals surface area contributed by atoms with E-state index in [4.69, 9.17) is 11.6 Å². The summed E-state index contributed by atoms with van der Waals surface area (Å²) < 4.78 is 0. The molecule has 1 aliphatic rings. The number of hydrogen-bond donors (Lipinski definition) is 3. The molecule has 0 spiro atoms. The highest BCUT2D eigenvalue weighted by atomic mass is 35.5. The summed E-state index contributed by atoms with van der Waals surface area (Å²) in [5, 5.41) is 6.31. The van der Waals surface area contributed by atoms with Crippen LogP contribution in [0.1, 0.15) is 15.9 Å². The molecular weight excluding hydrogens is 428 g/mol. The van der Waals surface area contributed by atoms with Crippen LogP contribution >= 0.6 is 11.6 Å². The monoisotopic (exact) mass is 452 g/mol. The minimum Gasteiger partial charge on any atom is -0.369 e. The van der Waals surface area contributed by atoms with Gasteiger partial charge in [0, 0.05) is 43.8 Å². The zero-order valence-corrected chi connectivity index (χ0v) is 18.7. The summed E-state index contributed by atoms with van der Waals surface area (Å²) in [6.45, 7) is 5.84. The molecule has 0 bridgehead atoms. The highest BCUT2D eigenvalue weighted by molar-refractivity contribution is 6.29. The van der Waals surface area contributed by atoms with E-state index < -0.39 is 11.5 Å². The molecule has 3 heterocycles. The fraction of sp³-hybridized carbons (Fsp3) is 0.261. The number of piperazine rings is 1. The van der Waals surface area contributed by atoms with E-state index in [-0.39, 0.29) is 5.56 Å². The van der Waals surface area contributed by atoms with Gasteiger partial charge in [-0.15, -0.1) is 0 Å². The quantitative estimate of drug-likeness (QED) is 0.513. The normalized spacial score (nSPS) is 14.3. The Kier molecular flexibility index (Phi) is 6.43. The number of halogens is 1. The van der Waals surface area contributed by atoms with Crippen LogP contribution in [0.2, 0.25) is 5.15 Å². The molecule has 1 amide bonds. The molecule has 32 heavy (non-hydrogen) atoms. The third-order valence-corrected chi connectivity index (χ3v) is 5.73. The minimum atomic E-state index is -0.499. The summed E-state index contributed by atoms with van der Waals surface area (Å²) in [4.78, 5) is 36.7. The summed E-state index contributed by atoms with van der Waals surface area (Å²) in [6, 6.07) is 11.0. The molecule has 2 aromatic heterocycles. The lowest BCUT2D eigenvalue weighted by Gasteiger charge is -2.34. The van der Waals surface area contributed by atoms with Gasteiger partial charge in [0.05, 0.1) is 17.6 Å². The van der Waals surface area contributed by atoms with Crippen LogP contribution in [0.4, 0.5) is 22.7 Å². The number of nitrogens with one attached hydrogen (secondary N) is 3. The molecular formula is C23H25ClN6O2. The molecule has 0 aliphatic carbocycles. The van der Waals surface area contributed by atoms with Gasteiger partial charge < -0.3 is 25.4 Å². The third kappa shape index (κ3) is 4.92. The molecule has 3 aromatic rings. The second-order valence-electron chi connectivity index (χ2n) is 7.83. The number of nitrogens with zero attached hydrogens (tertiary/aromatic N) is 3. The smallest absolute Gasteiger partial charge is 0.263 e. The standard InChI is InChI=1S/C23H25ClN6O2/c1-15-13-20(24)26-14-19(15)28-18-7-8-25-22(31)21(18)23(32)27-16-3-5-17(6-4-16)30-11-9-29(2)10-12-30/h3-8,13-14H,9-12H2,1-2H3,(H,27,32)(H2,25,28,31). The van der Waals surface area contributed by atoms with Gasteiger partial charge in [-0.2, -0.15) is 0 Å². The van der Waals surface area contributed by atoms with Gasteiger partial charge in [-0.1, -0.05) is 11.6 Å². The molecule has 0 atom stereocenters. The van der Waals surface area contributed by atoms with Crippen molar-refractivity contribution in [3.05, 3.63) is 75.4 Å². The Balaban J connectivity index is 1.51. The van der Waals surface area contributed by atoms with Crippen molar-refractivity contribution in [3.8, 4) is 0 Å². The number of benzene rings is 1. The van der Waals surface area contributed by atoms with Crippen molar-refractivity contribution in [2.24, 2.45) is 0 Å². The van der Waals surface area contributed by atoms with E-state index in [1.165, 1.54) is 6.20 Å². The Hall–Kier alpha value is -3.36. The van der Waals surface area contributed by atoms with Crippen molar-refractivity contribution >= 4 is 40.3 Å². The van der Waals surface area contributed by atoms with E-state index in [0.29, 0.717) is 22.2 Å². The number of aromatic amines is 1. The number of rotatable bonds is 5. The van der Waals surface area contributed by atoms with E-state index >= 15 is 0 Å². The Bertz CT molecular complexity index is 1170. The Morgan fingerprint density at radius 1 is 1.09 bits per heavy atom. The molecule has 4 rings (SSSR count). The number of carbonyl (C=O) groups is 1. The Morgan fingerprint density at radius 3 is 2.50 bits per heavy atom. The number of H-pyrrole nitrogens is 1. The number of hydrogen-bond acceptors (Lipinski definition) is 6. The van der Waals surface area contributed by atoms with Gasteiger partial charge in [0.2, 0.25) is 0 Å². The maximum atomic E-state index is 13.0. The molecule has 0 saturated carbocycles. The number of aryl methyl sites for hydroxylation is 1. The predicted octanol–water partition coefficient (Wildman–Crippen LogP) is 3.48. The van der Waals surface area contributed by atoms with Crippen molar-refractivity contribution in [1.29, 1.82) is 0 Å². The van der Waals surface area contributed by atoms with Gasteiger partial charge in [-0.05, 0) is 55.9 Å². The molecule has 9 heteroatoms. The van der Waals surface area contributed by atoms with Crippen molar-refractivity contribution in [2.75, 3.05) is 48.8 Å². The van der Waals surface area contributed by atoms with Gasteiger partial charge in [-0.3, -0.25) is 9.59 Å². The van der Waals surface area contributed by atoms with Gasteiger partial charge in [0.1, 0.15) is 10.7 Å². The zero-order valence-electron chi connectivity index (χ0n) is 18.0. The lowest BCUT2D eigenvalue weighted by molar-refractivity contribution is 0.102. The van der Waals surface area contributed by atoms with Crippen molar-refractivity contribution in [1.82, 2.24) is 14.9 Å². The molecule has 3 N–H and O–H groups in total. The fourth-order valence-electron chi connectivity index (χ4n) is 3.62. The maximum absolute atomic E-state index is 13.0. The number of anilines is 4. The van der Waals surface area contributed by atoms with Crippen LogP contribution in [0.25, 0.3) is 0 Å². The number of amides is 1. The van der Waals surface area contributed by atoms with Gasteiger partial charge >= 0.3 is 0 Å². The van der Waals surface area contributed by atoms with Crippen LogP contribution in [-0.2, 0) is 0 Å². The van der Waals surface area contributed by atoms with E-state index in [0.717, 1.165) is 37.4 Å². The number of pyridine rings is 2. The molecule has 1 aromatic carbocycles. The highest BCUT2D eigenvalue weighted by Crippen LogP contribution is 2.24. The molecule has 8 nitrogen and oxygen atoms in total. The maximum Gasteiger partial charge on any atom is 0.263 e. The number of carbonyl (C=O) groups excluding carboxylic acids is 1. The third-order valence-electron chi connectivity index (χ3n) is 5.53. The molecule has 1 saturated heterocycles. The van der Waals surface area contributed by atoms with Crippen LogP contribution in [0.5, 0.6) is 0 Å².